The summed E-state index contributed by atoms with van der Waals surface area (Å²) in [4.78, 5) is 22.4. The lowest BCUT2D eigenvalue weighted by molar-refractivity contribution is 0.224. The molecule has 0 radical (unpaired) electrons. The third kappa shape index (κ3) is 6.14. The zero-order valence-electron chi connectivity index (χ0n) is 10.6. The summed E-state index contributed by atoms with van der Waals surface area (Å²) < 4.78 is 0. The quantitative estimate of drug-likeness (QED) is 0.658. The molecule has 1 saturated carbocycles. The van der Waals surface area contributed by atoms with E-state index in [2.05, 4.69) is 16.0 Å². The number of imide groups is 1. The van der Waals surface area contributed by atoms with Crippen molar-refractivity contribution in [3.63, 3.8) is 0 Å². The number of amides is 4. The van der Waals surface area contributed by atoms with Crippen LogP contribution in [0, 0.1) is 0 Å². The molecular formula is C12H23N3O2. The average molecular weight is 241 g/mol. The highest BCUT2D eigenvalue weighted by molar-refractivity contribution is 5.93. The van der Waals surface area contributed by atoms with Crippen LogP contribution in [0.5, 0.6) is 0 Å². The minimum atomic E-state index is -0.467. The van der Waals surface area contributed by atoms with Gasteiger partial charge < -0.3 is 10.6 Å². The normalized spacial score (nSPS) is 18.4. The standard InChI is InChI=1S/C12H23N3O2/c1-13-11(16)15-12(17)14-10-8-6-4-2-3-5-7-9-10/h10H,2-9H2,1H3,(H3,13,14,15,16,17). The van der Waals surface area contributed by atoms with Gasteiger partial charge in [-0.3, -0.25) is 5.32 Å². The lowest BCUT2D eigenvalue weighted by Gasteiger charge is -2.17. The topological polar surface area (TPSA) is 70.2 Å². The van der Waals surface area contributed by atoms with Gasteiger partial charge >= 0.3 is 12.1 Å². The monoisotopic (exact) mass is 241 g/mol. The predicted molar refractivity (Wildman–Crippen MR) is 66.8 cm³/mol. The SMILES string of the molecule is CNC(=O)NC(=O)NC1CCCCCCCC1. The molecule has 0 aromatic rings. The van der Waals surface area contributed by atoms with E-state index in [0.717, 1.165) is 25.7 Å². The average Bonchev–Trinajstić information content (AvgIpc) is 2.42. The smallest absolute Gasteiger partial charge is 0.323 e. The molecule has 0 aromatic carbocycles. The van der Waals surface area contributed by atoms with Crippen molar-refractivity contribution >= 4 is 12.1 Å². The molecule has 0 aliphatic heterocycles. The highest BCUT2D eigenvalue weighted by Gasteiger charge is 2.14. The number of urea groups is 2. The molecule has 0 atom stereocenters. The zero-order valence-corrected chi connectivity index (χ0v) is 10.6. The van der Waals surface area contributed by atoms with E-state index in [1.165, 1.54) is 32.7 Å². The Labute approximate surface area is 103 Å². The minimum absolute atomic E-state index is 0.206. The van der Waals surface area contributed by atoms with Crippen LogP contribution in [-0.2, 0) is 0 Å². The lowest BCUT2D eigenvalue weighted by atomic mass is 10.1. The molecule has 0 unspecified atom stereocenters. The number of hydrogen-bond donors (Lipinski definition) is 3. The van der Waals surface area contributed by atoms with Crippen molar-refractivity contribution in [3.8, 4) is 0 Å². The molecule has 3 N–H and O–H groups in total. The molecular weight excluding hydrogens is 218 g/mol. The second-order valence-corrected chi connectivity index (χ2v) is 4.57. The number of rotatable bonds is 1. The highest BCUT2D eigenvalue weighted by atomic mass is 16.2. The van der Waals surface area contributed by atoms with E-state index >= 15 is 0 Å². The third-order valence-corrected chi connectivity index (χ3v) is 3.14. The molecule has 0 bridgehead atoms. The van der Waals surface area contributed by atoms with Crippen LogP contribution in [-0.4, -0.2) is 25.2 Å². The van der Waals surface area contributed by atoms with E-state index in [-0.39, 0.29) is 6.04 Å². The molecule has 4 amide bonds. The van der Waals surface area contributed by atoms with Gasteiger partial charge in [-0.15, -0.1) is 0 Å². The molecule has 0 saturated heterocycles. The van der Waals surface area contributed by atoms with E-state index in [4.69, 9.17) is 0 Å². The Hall–Kier alpha value is -1.26. The number of carbonyl (C=O) groups is 2. The van der Waals surface area contributed by atoms with Crippen molar-refractivity contribution in [2.45, 2.75) is 57.4 Å². The van der Waals surface area contributed by atoms with Crippen molar-refractivity contribution in [1.29, 1.82) is 0 Å². The van der Waals surface area contributed by atoms with Crippen molar-refractivity contribution in [3.05, 3.63) is 0 Å². The van der Waals surface area contributed by atoms with Gasteiger partial charge in [-0.2, -0.15) is 0 Å². The molecule has 0 heterocycles. The first-order chi connectivity index (χ1) is 8.22. The van der Waals surface area contributed by atoms with Gasteiger partial charge in [0.15, 0.2) is 0 Å². The first-order valence-corrected chi connectivity index (χ1v) is 6.51. The maximum absolute atomic E-state index is 11.5. The number of carbonyl (C=O) groups excluding carboxylic acids is 2. The molecule has 98 valence electrons. The van der Waals surface area contributed by atoms with Crippen LogP contribution < -0.4 is 16.0 Å². The van der Waals surface area contributed by atoms with Crippen molar-refractivity contribution < 1.29 is 9.59 Å². The lowest BCUT2D eigenvalue weighted by Crippen LogP contribution is -2.47. The Morgan fingerprint density at radius 2 is 1.41 bits per heavy atom. The molecule has 1 aliphatic carbocycles. The third-order valence-electron chi connectivity index (χ3n) is 3.14. The molecule has 1 fully saturated rings. The Morgan fingerprint density at radius 1 is 0.882 bits per heavy atom. The van der Waals surface area contributed by atoms with Gasteiger partial charge in [-0.1, -0.05) is 38.5 Å². The molecule has 5 heteroatoms. The van der Waals surface area contributed by atoms with Gasteiger partial charge in [0.2, 0.25) is 0 Å². The van der Waals surface area contributed by atoms with Gasteiger partial charge in [0.05, 0.1) is 0 Å². The second-order valence-electron chi connectivity index (χ2n) is 4.57. The van der Waals surface area contributed by atoms with E-state index in [1.54, 1.807) is 0 Å². The van der Waals surface area contributed by atoms with Crippen LogP contribution >= 0.6 is 0 Å². The molecule has 1 aliphatic rings. The first kappa shape index (κ1) is 13.8. The predicted octanol–water partition coefficient (Wildman–Crippen LogP) is 2.13. The van der Waals surface area contributed by atoms with Crippen LogP contribution in [0.25, 0.3) is 0 Å². The fourth-order valence-corrected chi connectivity index (χ4v) is 2.16. The Balaban J connectivity index is 2.31. The van der Waals surface area contributed by atoms with Crippen LogP contribution in [0.2, 0.25) is 0 Å². The van der Waals surface area contributed by atoms with E-state index in [9.17, 15) is 9.59 Å². The van der Waals surface area contributed by atoms with E-state index < -0.39 is 12.1 Å². The maximum atomic E-state index is 11.5. The van der Waals surface area contributed by atoms with Crippen LogP contribution in [0.1, 0.15) is 51.4 Å². The largest absolute Gasteiger partial charge is 0.341 e. The van der Waals surface area contributed by atoms with Gasteiger partial charge in [-0.25, -0.2) is 9.59 Å². The zero-order chi connectivity index (χ0) is 12.5. The van der Waals surface area contributed by atoms with Crippen LogP contribution in [0.4, 0.5) is 9.59 Å². The number of nitrogens with one attached hydrogen (secondary N) is 3. The first-order valence-electron chi connectivity index (χ1n) is 6.51. The van der Waals surface area contributed by atoms with Gasteiger partial charge in [0, 0.05) is 13.1 Å². The maximum Gasteiger partial charge on any atom is 0.323 e. The summed E-state index contributed by atoms with van der Waals surface area (Å²) in [7, 11) is 1.49. The van der Waals surface area contributed by atoms with Gasteiger partial charge in [0.1, 0.15) is 0 Å². The molecule has 0 aromatic heterocycles. The fourth-order valence-electron chi connectivity index (χ4n) is 2.16. The molecule has 1 rings (SSSR count). The van der Waals surface area contributed by atoms with Crippen molar-refractivity contribution in [2.75, 3.05) is 7.05 Å². The Bertz CT molecular complexity index is 246. The van der Waals surface area contributed by atoms with Crippen LogP contribution in [0.3, 0.4) is 0 Å². The van der Waals surface area contributed by atoms with Gasteiger partial charge in [0.25, 0.3) is 0 Å². The number of hydrogen-bond acceptors (Lipinski definition) is 2. The Morgan fingerprint density at radius 3 is 1.94 bits per heavy atom. The summed E-state index contributed by atoms with van der Waals surface area (Å²) >= 11 is 0. The summed E-state index contributed by atoms with van der Waals surface area (Å²) in [6.07, 6.45) is 9.44. The molecule has 0 spiro atoms. The highest BCUT2D eigenvalue weighted by Crippen LogP contribution is 2.16. The summed E-state index contributed by atoms with van der Waals surface area (Å²) in [6.45, 7) is 0. The van der Waals surface area contributed by atoms with Gasteiger partial charge in [-0.05, 0) is 12.8 Å². The molecule has 5 nitrogen and oxygen atoms in total. The minimum Gasteiger partial charge on any atom is -0.341 e. The van der Waals surface area contributed by atoms with Crippen molar-refractivity contribution in [2.24, 2.45) is 0 Å². The second kappa shape index (κ2) is 7.92. The summed E-state index contributed by atoms with van der Waals surface area (Å²) in [5.41, 5.74) is 0. The van der Waals surface area contributed by atoms with E-state index in [0.29, 0.717) is 0 Å². The Kier molecular flexibility index (Phi) is 6.43. The van der Waals surface area contributed by atoms with Crippen LogP contribution in [0.15, 0.2) is 0 Å². The summed E-state index contributed by atoms with van der Waals surface area (Å²) in [5, 5.41) is 7.45. The van der Waals surface area contributed by atoms with Crippen molar-refractivity contribution in [1.82, 2.24) is 16.0 Å². The molecule has 17 heavy (non-hydrogen) atoms. The summed E-state index contributed by atoms with van der Waals surface area (Å²) in [6, 6.07) is -0.656. The fraction of sp³-hybridized carbons (Fsp3) is 0.833. The van der Waals surface area contributed by atoms with E-state index in [1.807, 2.05) is 0 Å². The summed E-state index contributed by atoms with van der Waals surface area (Å²) in [5.74, 6) is 0.